The van der Waals surface area contributed by atoms with Gasteiger partial charge in [0.25, 0.3) is 0 Å². The summed E-state index contributed by atoms with van der Waals surface area (Å²) in [4.78, 5) is 17.9. The summed E-state index contributed by atoms with van der Waals surface area (Å²) < 4.78 is 4.76. The Labute approximate surface area is 84.7 Å². The Morgan fingerprint density at radius 2 is 2.00 bits per heavy atom. The Hall–Kier alpha value is -1.32. The number of carbonyl (C=O) groups is 1. The van der Waals surface area contributed by atoms with Crippen LogP contribution in [0.5, 0.6) is 0 Å². The highest BCUT2D eigenvalue weighted by Gasteiger charge is 2.11. The van der Waals surface area contributed by atoms with E-state index >= 15 is 0 Å². The molecule has 0 saturated heterocycles. The number of H-pyrrole nitrogens is 1. The molecule has 0 aliphatic carbocycles. The van der Waals surface area contributed by atoms with Gasteiger partial charge in [0.2, 0.25) is 5.82 Å². The monoisotopic (exact) mass is 198 g/mol. The number of esters is 1. The van der Waals surface area contributed by atoms with Crippen LogP contribution >= 0.6 is 0 Å². The Morgan fingerprint density at radius 3 is 2.36 bits per heavy atom. The lowest BCUT2D eigenvalue weighted by Gasteiger charge is -1.95. The maximum absolute atomic E-state index is 11.1. The van der Waals surface area contributed by atoms with Crippen molar-refractivity contribution in [2.24, 2.45) is 0 Å². The molecule has 4 heteroatoms. The van der Waals surface area contributed by atoms with Gasteiger partial charge in [-0.1, -0.05) is 13.8 Å². The SMILES string of the molecule is CC.CCOC(=O)c1nc(C)c(C)[nH]1. The number of hydrogen-bond donors (Lipinski definition) is 1. The van der Waals surface area contributed by atoms with Crippen LogP contribution in [0, 0.1) is 13.8 Å². The maximum atomic E-state index is 11.1. The number of aromatic nitrogens is 2. The number of carbonyl (C=O) groups excluding carboxylic acids is 1. The van der Waals surface area contributed by atoms with E-state index in [4.69, 9.17) is 4.74 Å². The van der Waals surface area contributed by atoms with Gasteiger partial charge in [-0.3, -0.25) is 0 Å². The van der Waals surface area contributed by atoms with Crippen molar-refractivity contribution in [2.45, 2.75) is 34.6 Å². The van der Waals surface area contributed by atoms with E-state index in [1.54, 1.807) is 6.92 Å². The fourth-order valence-electron chi connectivity index (χ4n) is 0.844. The average molecular weight is 198 g/mol. The van der Waals surface area contributed by atoms with E-state index in [2.05, 4.69) is 9.97 Å². The summed E-state index contributed by atoms with van der Waals surface area (Å²) >= 11 is 0. The summed E-state index contributed by atoms with van der Waals surface area (Å²) in [7, 11) is 0. The molecule has 0 amide bonds. The normalized spacial score (nSPS) is 8.93. The lowest BCUT2D eigenvalue weighted by atomic mass is 10.4. The van der Waals surface area contributed by atoms with Crippen molar-refractivity contribution in [1.82, 2.24) is 9.97 Å². The highest BCUT2D eigenvalue weighted by atomic mass is 16.5. The molecular formula is C10H18N2O2. The number of rotatable bonds is 2. The molecule has 1 heterocycles. The second-order valence-corrected chi connectivity index (χ2v) is 2.52. The van der Waals surface area contributed by atoms with E-state index < -0.39 is 5.97 Å². The molecule has 0 spiro atoms. The molecule has 0 saturated carbocycles. The van der Waals surface area contributed by atoms with Crippen LogP contribution in [0.4, 0.5) is 0 Å². The molecule has 4 nitrogen and oxygen atoms in total. The Morgan fingerprint density at radius 1 is 1.43 bits per heavy atom. The molecular weight excluding hydrogens is 180 g/mol. The van der Waals surface area contributed by atoms with Crippen molar-refractivity contribution in [3.8, 4) is 0 Å². The third-order valence-corrected chi connectivity index (χ3v) is 1.60. The van der Waals surface area contributed by atoms with E-state index in [9.17, 15) is 4.79 Å². The topological polar surface area (TPSA) is 55.0 Å². The minimum atomic E-state index is -0.395. The molecule has 0 radical (unpaired) electrons. The van der Waals surface area contributed by atoms with E-state index in [0.717, 1.165) is 11.4 Å². The van der Waals surface area contributed by atoms with Gasteiger partial charge in [-0.05, 0) is 20.8 Å². The van der Waals surface area contributed by atoms with Gasteiger partial charge in [0.1, 0.15) is 0 Å². The molecule has 0 aliphatic rings. The van der Waals surface area contributed by atoms with Gasteiger partial charge in [-0.2, -0.15) is 0 Å². The number of imidazole rings is 1. The molecule has 14 heavy (non-hydrogen) atoms. The first kappa shape index (κ1) is 12.7. The van der Waals surface area contributed by atoms with E-state index in [1.807, 2.05) is 27.7 Å². The Kier molecular flexibility index (Phi) is 5.60. The highest BCUT2D eigenvalue weighted by molar-refractivity contribution is 5.85. The molecule has 1 N–H and O–H groups in total. The van der Waals surface area contributed by atoms with Crippen molar-refractivity contribution in [3.05, 3.63) is 17.2 Å². The predicted octanol–water partition coefficient (Wildman–Crippen LogP) is 2.23. The van der Waals surface area contributed by atoms with Crippen molar-refractivity contribution >= 4 is 5.97 Å². The first-order valence-corrected chi connectivity index (χ1v) is 4.85. The van der Waals surface area contributed by atoms with Crippen LogP contribution in [0.3, 0.4) is 0 Å². The summed E-state index contributed by atoms with van der Waals surface area (Å²) in [5.41, 5.74) is 1.73. The van der Waals surface area contributed by atoms with Gasteiger partial charge < -0.3 is 9.72 Å². The minimum absolute atomic E-state index is 0.284. The fraction of sp³-hybridized carbons (Fsp3) is 0.600. The Balaban J connectivity index is 0.000000791. The average Bonchev–Trinajstić information content (AvgIpc) is 2.51. The van der Waals surface area contributed by atoms with Gasteiger partial charge in [0, 0.05) is 5.69 Å². The van der Waals surface area contributed by atoms with Crippen molar-refractivity contribution in [1.29, 1.82) is 0 Å². The molecule has 0 bridgehead atoms. The second-order valence-electron chi connectivity index (χ2n) is 2.52. The maximum Gasteiger partial charge on any atom is 0.374 e. The lowest BCUT2D eigenvalue weighted by Crippen LogP contribution is -2.06. The zero-order chi connectivity index (χ0) is 11.1. The van der Waals surface area contributed by atoms with Crippen molar-refractivity contribution in [3.63, 3.8) is 0 Å². The standard InChI is InChI=1S/C8H12N2O2.C2H6/c1-4-12-8(11)7-9-5(2)6(3)10-7;1-2/h4H2,1-3H3,(H,9,10);1-2H3. The first-order valence-electron chi connectivity index (χ1n) is 4.85. The third kappa shape index (κ3) is 3.20. The summed E-state index contributed by atoms with van der Waals surface area (Å²) in [6, 6.07) is 0. The molecule has 1 aromatic rings. The molecule has 0 aromatic carbocycles. The Bertz CT molecular complexity index is 273. The third-order valence-electron chi connectivity index (χ3n) is 1.60. The molecule has 80 valence electrons. The van der Waals surface area contributed by atoms with Crippen LogP contribution < -0.4 is 0 Å². The van der Waals surface area contributed by atoms with Gasteiger partial charge in [-0.25, -0.2) is 9.78 Å². The zero-order valence-corrected chi connectivity index (χ0v) is 9.47. The van der Waals surface area contributed by atoms with Crippen LogP contribution in [-0.2, 0) is 4.74 Å². The number of ether oxygens (including phenoxy) is 1. The molecule has 1 aromatic heterocycles. The molecule has 0 atom stereocenters. The largest absolute Gasteiger partial charge is 0.460 e. The van der Waals surface area contributed by atoms with Gasteiger partial charge in [-0.15, -0.1) is 0 Å². The van der Waals surface area contributed by atoms with Crippen LogP contribution in [0.2, 0.25) is 0 Å². The fourth-order valence-corrected chi connectivity index (χ4v) is 0.844. The molecule has 0 aliphatic heterocycles. The van der Waals surface area contributed by atoms with E-state index in [-0.39, 0.29) is 5.82 Å². The summed E-state index contributed by atoms with van der Waals surface area (Å²) in [5, 5.41) is 0. The van der Waals surface area contributed by atoms with Crippen LogP contribution in [0.25, 0.3) is 0 Å². The van der Waals surface area contributed by atoms with Gasteiger partial charge >= 0.3 is 5.97 Å². The van der Waals surface area contributed by atoms with Crippen molar-refractivity contribution in [2.75, 3.05) is 6.61 Å². The summed E-state index contributed by atoms with van der Waals surface area (Å²) in [6.45, 7) is 9.85. The second kappa shape index (κ2) is 6.18. The highest BCUT2D eigenvalue weighted by Crippen LogP contribution is 2.03. The lowest BCUT2D eigenvalue weighted by molar-refractivity contribution is 0.0513. The number of nitrogens with one attached hydrogen (secondary N) is 1. The van der Waals surface area contributed by atoms with Crippen LogP contribution in [0.1, 0.15) is 42.8 Å². The number of nitrogens with zero attached hydrogens (tertiary/aromatic N) is 1. The van der Waals surface area contributed by atoms with Gasteiger partial charge in [0.15, 0.2) is 0 Å². The number of aromatic amines is 1. The molecule has 0 unspecified atom stereocenters. The smallest absolute Gasteiger partial charge is 0.374 e. The van der Waals surface area contributed by atoms with Gasteiger partial charge in [0.05, 0.1) is 12.3 Å². The van der Waals surface area contributed by atoms with E-state index in [1.165, 1.54) is 0 Å². The predicted molar refractivity (Wildman–Crippen MR) is 55.4 cm³/mol. The van der Waals surface area contributed by atoms with Crippen LogP contribution in [-0.4, -0.2) is 22.5 Å². The van der Waals surface area contributed by atoms with Crippen molar-refractivity contribution < 1.29 is 9.53 Å². The van der Waals surface area contributed by atoms with E-state index in [0.29, 0.717) is 6.61 Å². The quantitative estimate of drug-likeness (QED) is 0.741. The minimum Gasteiger partial charge on any atom is -0.460 e. The molecule has 0 fully saturated rings. The zero-order valence-electron chi connectivity index (χ0n) is 9.47. The molecule has 1 rings (SSSR count). The summed E-state index contributed by atoms with van der Waals surface area (Å²) in [6.07, 6.45) is 0. The number of aryl methyl sites for hydroxylation is 2. The number of hydrogen-bond acceptors (Lipinski definition) is 3. The van der Waals surface area contributed by atoms with Crippen LogP contribution in [0.15, 0.2) is 0 Å². The summed E-state index contributed by atoms with van der Waals surface area (Å²) in [5.74, 6) is -0.111. The first-order chi connectivity index (χ1) is 6.65.